The number of thiophene rings is 1. The van der Waals surface area contributed by atoms with Gasteiger partial charge in [0.05, 0.1) is 4.88 Å². The van der Waals surface area contributed by atoms with E-state index in [0.29, 0.717) is 0 Å². The van der Waals surface area contributed by atoms with Crippen molar-refractivity contribution >= 4 is 17.2 Å². The lowest BCUT2D eigenvalue weighted by Crippen LogP contribution is -2.35. The SMILES string of the molecule is Cc1ccsc1C(=O)N1CCCCC1. The van der Waals surface area contributed by atoms with E-state index >= 15 is 0 Å². The van der Waals surface area contributed by atoms with Gasteiger partial charge in [0.1, 0.15) is 0 Å². The quantitative estimate of drug-likeness (QED) is 0.696. The fraction of sp³-hybridized carbons (Fsp3) is 0.545. The number of hydrogen-bond acceptors (Lipinski definition) is 2. The second-order valence-corrected chi connectivity index (χ2v) is 4.70. The summed E-state index contributed by atoms with van der Waals surface area (Å²) in [7, 11) is 0. The normalized spacial score (nSPS) is 17.1. The Hall–Kier alpha value is -0.830. The second-order valence-electron chi connectivity index (χ2n) is 3.79. The van der Waals surface area contributed by atoms with Gasteiger partial charge in [0.2, 0.25) is 0 Å². The summed E-state index contributed by atoms with van der Waals surface area (Å²) in [5.74, 6) is 0.234. The van der Waals surface area contributed by atoms with Crippen LogP contribution in [0.15, 0.2) is 11.4 Å². The Morgan fingerprint density at radius 3 is 2.64 bits per heavy atom. The van der Waals surface area contributed by atoms with Crippen molar-refractivity contribution in [3.63, 3.8) is 0 Å². The molecule has 2 nitrogen and oxygen atoms in total. The maximum Gasteiger partial charge on any atom is 0.264 e. The second kappa shape index (κ2) is 4.13. The van der Waals surface area contributed by atoms with Gasteiger partial charge in [0, 0.05) is 13.1 Å². The molecule has 0 aliphatic carbocycles. The average molecular weight is 209 g/mol. The maximum absolute atomic E-state index is 12.0. The number of rotatable bonds is 1. The van der Waals surface area contributed by atoms with E-state index in [2.05, 4.69) is 0 Å². The molecule has 3 heteroatoms. The molecule has 0 aromatic carbocycles. The molecule has 1 aliphatic heterocycles. The number of nitrogens with zero attached hydrogens (tertiary/aromatic N) is 1. The van der Waals surface area contributed by atoms with E-state index in [1.165, 1.54) is 6.42 Å². The van der Waals surface area contributed by atoms with Crippen LogP contribution < -0.4 is 0 Å². The van der Waals surface area contributed by atoms with E-state index in [-0.39, 0.29) is 5.91 Å². The fourth-order valence-electron chi connectivity index (χ4n) is 1.83. The van der Waals surface area contributed by atoms with Crippen LogP contribution in [0.25, 0.3) is 0 Å². The van der Waals surface area contributed by atoms with Crippen molar-refractivity contribution < 1.29 is 4.79 Å². The molecule has 2 rings (SSSR count). The van der Waals surface area contributed by atoms with E-state index in [4.69, 9.17) is 0 Å². The van der Waals surface area contributed by atoms with Gasteiger partial charge >= 0.3 is 0 Å². The van der Waals surface area contributed by atoms with Crippen LogP contribution in [0.3, 0.4) is 0 Å². The van der Waals surface area contributed by atoms with Gasteiger partial charge in [-0.15, -0.1) is 11.3 Å². The van der Waals surface area contributed by atoms with Crippen LogP contribution in [-0.2, 0) is 0 Å². The van der Waals surface area contributed by atoms with Crippen LogP contribution >= 0.6 is 11.3 Å². The Labute approximate surface area is 88.5 Å². The average Bonchev–Trinajstić information content (AvgIpc) is 2.65. The predicted octanol–water partition coefficient (Wildman–Crippen LogP) is 2.68. The summed E-state index contributed by atoms with van der Waals surface area (Å²) in [6, 6.07) is 2.02. The highest BCUT2D eigenvalue weighted by Gasteiger charge is 2.20. The third kappa shape index (κ3) is 1.82. The van der Waals surface area contributed by atoms with Crippen molar-refractivity contribution in [3.05, 3.63) is 21.9 Å². The number of aryl methyl sites for hydroxylation is 1. The van der Waals surface area contributed by atoms with Gasteiger partial charge in [-0.2, -0.15) is 0 Å². The third-order valence-corrected chi connectivity index (χ3v) is 3.70. The molecular formula is C11H15NOS. The first kappa shape index (κ1) is 9.71. The van der Waals surface area contributed by atoms with E-state index < -0.39 is 0 Å². The van der Waals surface area contributed by atoms with Crippen LogP contribution in [0.4, 0.5) is 0 Å². The first-order valence-corrected chi connectivity index (χ1v) is 6.00. The van der Waals surface area contributed by atoms with Crippen LogP contribution in [0.2, 0.25) is 0 Å². The van der Waals surface area contributed by atoms with Gasteiger partial charge in [0.25, 0.3) is 5.91 Å². The molecular weight excluding hydrogens is 194 g/mol. The smallest absolute Gasteiger partial charge is 0.264 e. The largest absolute Gasteiger partial charge is 0.338 e. The molecule has 0 N–H and O–H groups in total. The standard InChI is InChI=1S/C11H15NOS/c1-9-5-8-14-10(9)11(13)12-6-3-2-4-7-12/h5,8H,2-4,6-7H2,1H3. The van der Waals surface area contributed by atoms with Gasteiger partial charge < -0.3 is 4.90 Å². The van der Waals surface area contributed by atoms with Gasteiger partial charge in [-0.3, -0.25) is 4.79 Å². The third-order valence-electron chi connectivity index (χ3n) is 2.70. The molecule has 0 spiro atoms. The summed E-state index contributed by atoms with van der Waals surface area (Å²) in [5.41, 5.74) is 1.12. The Bertz CT molecular complexity index is 326. The summed E-state index contributed by atoms with van der Waals surface area (Å²) in [6.07, 6.45) is 3.60. The molecule has 1 saturated heterocycles. The molecule has 1 amide bonds. The number of amides is 1. The monoisotopic (exact) mass is 209 g/mol. The predicted molar refractivity (Wildman–Crippen MR) is 58.8 cm³/mol. The van der Waals surface area contributed by atoms with Crippen molar-refractivity contribution in [2.75, 3.05) is 13.1 Å². The highest BCUT2D eigenvalue weighted by Crippen LogP contribution is 2.20. The van der Waals surface area contributed by atoms with E-state index in [1.807, 2.05) is 23.3 Å². The molecule has 0 atom stereocenters. The van der Waals surface area contributed by atoms with Crippen molar-refractivity contribution in [2.45, 2.75) is 26.2 Å². The molecule has 0 radical (unpaired) electrons. The van der Waals surface area contributed by atoms with E-state index in [1.54, 1.807) is 11.3 Å². The topological polar surface area (TPSA) is 20.3 Å². The minimum atomic E-state index is 0.234. The number of likely N-dealkylation sites (tertiary alicyclic amines) is 1. The minimum Gasteiger partial charge on any atom is -0.338 e. The molecule has 1 aliphatic rings. The molecule has 0 saturated carbocycles. The summed E-state index contributed by atoms with van der Waals surface area (Å²) in [4.78, 5) is 14.9. The lowest BCUT2D eigenvalue weighted by molar-refractivity contribution is 0.0728. The first-order chi connectivity index (χ1) is 6.79. The molecule has 2 heterocycles. The lowest BCUT2D eigenvalue weighted by atomic mass is 10.1. The summed E-state index contributed by atoms with van der Waals surface area (Å²) in [5, 5.41) is 1.99. The summed E-state index contributed by atoms with van der Waals surface area (Å²) < 4.78 is 0. The number of hydrogen-bond donors (Lipinski definition) is 0. The number of piperidine rings is 1. The molecule has 1 fully saturated rings. The zero-order valence-electron chi connectivity index (χ0n) is 8.45. The van der Waals surface area contributed by atoms with Crippen LogP contribution in [0.5, 0.6) is 0 Å². The van der Waals surface area contributed by atoms with Gasteiger partial charge in [0.15, 0.2) is 0 Å². The molecule has 14 heavy (non-hydrogen) atoms. The Kier molecular flexibility index (Phi) is 2.87. The molecule has 1 aromatic heterocycles. The van der Waals surface area contributed by atoms with Gasteiger partial charge in [-0.1, -0.05) is 0 Å². The van der Waals surface area contributed by atoms with Gasteiger partial charge in [-0.05, 0) is 43.2 Å². The van der Waals surface area contributed by atoms with Crippen molar-refractivity contribution in [3.8, 4) is 0 Å². The minimum absolute atomic E-state index is 0.234. The van der Waals surface area contributed by atoms with Crippen LogP contribution in [-0.4, -0.2) is 23.9 Å². The maximum atomic E-state index is 12.0. The Balaban J connectivity index is 2.11. The molecule has 0 bridgehead atoms. The summed E-state index contributed by atoms with van der Waals surface area (Å²) >= 11 is 1.56. The van der Waals surface area contributed by atoms with E-state index in [9.17, 15) is 4.79 Å². The first-order valence-electron chi connectivity index (χ1n) is 5.12. The zero-order valence-corrected chi connectivity index (χ0v) is 9.27. The number of carbonyl (C=O) groups excluding carboxylic acids is 1. The number of carbonyl (C=O) groups is 1. The Morgan fingerprint density at radius 1 is 1.36 bits per heavy atom. The van der Waals surface area contributed by atoms with Gasteiger partial charge in [-0.25, -0.2) is 0 Å². The molecule has 0 unspecified atom stereocenters. The van der Waals surface area contributed by atoms with Crippen LogP contribution in [0.1, 0.15) is 34.5 Å². The van der Waals surface area contributed by atoms with Crippen LogP contribution in [0, 0.1) is 6.92 Å². The highest BCUT2D eigenvalue weighted by molar-refractivity contribution is 7.12. The van der Waals surface area contributed by atoms with Crippen molar-refractivity contribution in [1.29, 1.82) is 0 Å². The lowest BCUT2D eigenvalue weighted by Gasteiger charge is -2.26. The highest BCUT2D eigenvalue weighted by atomic mass is 32.1. The van der Waals surface area contributed by atoms with Crippen molar-refractivity contribution in [2.24, 2.45) is 0 Å². The van der Waals surface area contributed by atoms with Crippen molar-refractivity contribution in [1.82, 2.24) is 4.90 Å². The molecule has 1 aromatic rings. The zero-order chi connectivity index (χ0) is 9.97. The Morgan fingerprint density at radius 2 is 2.07 bits per heavy atom. The molecule has 76 valence electrons. The summed E-state index contributed by atoms with van der Waals surface area (Å²) in [6.45, 7) is 3.89. The fourth-order valence-corrected chi connectivity index (χ4v) is 2.72. The van der Waals surface area contributed by atoms with E-state index in [0.717, 1.165) is 36.4 Å².